The second-order valence-electron chi connectivity index (χ2n) is 6.06. The van der Waals surface area contributed by atoms with Crippen LogP contribution in [0.4, 0.5) is 5.69 Å². The lowest BCUT2D eigenvalue weighted by atomic mass is 10.0. The van der Waals surface area contributed by atoms with E-state index in [9.17, 15) is 18.3 Å². The molecule has 2 aromatic carbocycles. The van der Waals surface area contributed by atoms with Gasteiger partial charge in [0.05, 0.1) is 17.2 Å². The van der Waals surface area contributed by atoms with Crippen molar-refractivity contribution in [2.75, 3.05) is 17.5 Å². The Morgan fingerprint density at radius 3 is 2.12 bits per heavy atom. The molecule has 6 nitrogen and oxygen atoms in total. The van der Waals surface area contributed by atoms with Crippen LogP contribution in [0.1, 0.15) is 32.3 Å². The predicted molar refractivity (Wildman–Crippen MR) is 100 cm³/mol. The Balaban J connectivity index is 2.42. The Bertz CT molecular complexity index is 843. The molecule has 0 aliphatic carbocycles. The minimum atomic E-state index is -4.02. The fourth-order valence-corrected chi connectivity index (χ4v) is 3.88. The van der Waals surface area contributed by atoms with E-state index in [1.165, 1.54) is 12.1 Å². The van der Waals surface area contributed by atoms with Gasteiger partial charge in [-0.3, -0.25) is 9.10 Å². The Hall–Kier alpha value is -2.54. The van der Waals surface area contributed by atoms with Gasteiger partial charge in [0.15, 0.2) is 0 Å². The van der Waals surface area contributed by atoms with Crippen molar-refractivity contribution in [1.82, 2.24) is 0 Å². The molecule has 0 atom stereocenters. The molecule has 2 aromatic rings. The lowest BCUT2D eigenvalue weighted by Gasteiger charge is -2.23. The van der Waals surface area contributed by atoms with Gasteiger partial charge in [0.2, 0.25) is 0 Å². The van der Waals surface area contributed by atoms with Crippen LogP contribution >= 0.6 is 0 Å². The minimum absolute atomic E-state index is 0.00939. The molecule has 0 aliphatic rings. The normalized spacial score (nSPS) is 11.4. The number of carbonyl (C=O) groups is 1. The van der Waals surface area contributed by atoms with Crippen molar-refractivity contribution in [2.45, 2.75) is 31.6 Å². The summed E-state index contributed by atoms with van der Waals surface area (Å²) in [4.78, 5) is 11.3. The lowest BCUT2D eigenvalue weighted by Crippen LogP contribution is -2.35. The summed E-state index contributed by atoms with van der Waals surface area (Å²) in [5.41, 5.74) is 1.35. The van der Waals surface area contributed by atoms with Crippen LogP contribution in [0, 0.1) is 0 Å². The van der Waals surface area contributed by atoms with Crippen molar-refractivity contribution in [3.05, 3.63) is 54.1 Å². The fourth-order valence-electron chi connectivity index (χ4n) is 2.47. The quantitative estimate of drug-likeness (QED) is 0.761. The van der Waals surface area contributed by atoms with E-state index in [1.807, 2.05) is 32.9 Å². The van der Waals surface area contributed by atoms with Crippen LogP contribution in [0.15, 0.2) is 53.4 Å². The molecule has 7 heteroatoms. The maximum atomic E-state index is 13.0. The highest BCUT2D eigenvalue weighted by atomic mass is 32.2. The third kappa shape index (κ3) is 4.54. The highest BCUT2D eigenvalue weighted by Gasteiger charge is 2.27. The van der Waals surface area contributed by atoms with Gasteiger partial charge in [0, 0.05) is 0 Å². The first kappa shape index (κ1) is 19.8. The Labute approximate surface area is 154 Å². The number of sulfonamides is 1. The summed E-state index contributed by atoms with van der Waals surface area (Å²) in [6, 6.07) is 12.8. The average Bonchev–Trinajstić information content (AvgIpc) is 2.60. The SMILES string of the molecule is CCOc1ccc(S(=O)(=O)N(CC(=O)O)c2ccc(C(C)C)cc2)cc1. The van der Waals surface area contributed by atoms with E-state index in [2.05, 4.69) is 0 Å². The molecule has 0 bridgehead atoms. The Morgan fingerprint density at radius 2 is 1.65 bits per heavy atom. The van der Waals surface area contributed by atoms with Crippen LogP contribution in [0.5, 0.6) is 5.75 Å². The molecule has 0 unspecified atom stereocenters. The Kier molecular flexibility index (Phi) is 6.26. The third-order valence-corrected chi connectivity index (χ3v) is 5.64. The van der Waals surface area contributed by atoms with Crippen molar-refractivity contribution < 1.29 is 23.1 Å². The molecule has 0 amide bonds. The molecular weight excluding hydrogens is 354 g/mol. The zero-order valence-corrected chi connectivity index (χ0v) is 15.9. The van der Waals surface area contributed by atoms with Crippen molar-refractivity contribution in [2.24, 2.45) is 0 Å². The molecule has 140 valence electrons. The average molecular weight is 377 g/mol. The number of nitrogens with zero attached hydrogens (tertiary/aromatic N) is 1. The van der Waals surface area contributed by atoms with Crippen LogP contribution in [-0.4, -0.2) is 32.6 Å². The maximum absolute atomic E-state index is 13.0. The van der Waals surface area contributed by atoms with E-state index in [0.29, 0.717) is 24.0 Å². The van der Waals surface area contributed by atoms with Gasteiger partial charge in [-0.2, -0.15) is 0 Å². The number of benzene rings is 2. The van der Waals surface area contributed by atoms with E-state index in [4.69, 9.17) is 4.74 Å². The van der Waals surface area contributed by atoms with E-state index in [0.717, 1.165) is 9.87 Å². The third-order valence-electron chi connectivity index (χ3n) is 3.85. The number of rotatable bonds is 8. The summed E-state index contributed by atoms with van der Waals surface area (Å²) in [7, 11) is -4.02. The molecule has 1 N–H and O–H groups in total. The minimum Gasteiger partial charge on any atom is -0.494 e. The molecule has 0 aliphatic heterocycles. The zero-order chi connectivity index (χ0) is 19.3. The summed E-state index contributed by atoms with van der Waals surface area (Å²) >= 11 is 0. The number of hydrogen-bond donors (Lipinski definition) is 1. The van der Waals surface area contributed by atoms with Crippen molar-refractivity contribution in [1.29, 1.82) is 0 Å². The van der Waals surface area contributed by atoms with E-state index < -0.39 is 22.5 Å². The molecule has 0 saturated heterocycles. The van der Waals surface area contributed by atoms with Crippen LogP contribution in [0.2, 0.25) is 0 Å². The summed E-state index contributed by atoms with van der Waals surface area (Å²) in [6.07, 6.45) is 0. The summed E-state index contributed by atoms with van der Waals surface area (Å²) in [5.74, 6) is -0.385. The van der Waals surface area contributed by atoms with E-state index in [1.54, 1.807) is 24.3 Å². The molecule has 0 saturated carbocycles. The molecule has 2 rings (SSSR count). The molecule has 0 fully saturated rings. The standard InChI is InChI=1S/C19H23NO5S/c1-4-25-17-9-11-18(12-10-17)26(23,24)20(13-19(21)22)16-7-5-15(6-8-16)14(2)3/h5-12,14H,4,13H2,1-3H3,(H,21,22). The molecule has 0 heterocycles. The van der Waals surface area contributed by atoms with Gasteiger partial charge in [0.25, 0.3) is 10.0 Å². The first-order valence-electron chi connectivity index (χ1n) is 8.33. The van der Waals surface area contributed by atoms with Crippen molar-refractivity contribution in [3.63, 3.8) is 0 Å². The van der Waals surface area contributed by atoms with Crippen LogP contribution < -0.4 is 9.04 Å². The summed E-state index contributed by atoms with van der Waals surface area (Å²) in [6.45, 7) is 5.71. The van der Waals surface area contributed by atoms with Gasteiger partial charge in [-0.1, -0.05) is 26.0 Å². The summed E-state index contributed by atoms with van der Waals surface area (Å²) < 4.78 is 32.2. The van der Waals surface area contributed by atoms with E-state index in [-0.39, 0.29) is 4.90 Å². The van der Waals surface area contributed by atoms with Gasteiger partial charge in [-0.05, 0) is 54.8 Å². The second kappa shape index (κ2) is 8.23. The molecule has 0 radical (unpaired) electrons. The second-order valence-corrected chi connectivity index (χ2v) is 7.92. The predicted octanol–water partition coefficient (Wildman–Crippen LogP) is 3.49. The molecular formula is C19H23NO5S. The first-order valence-corrected chi connectivity index (χ1v) is 9.77. The van der Waals surface area contributed by atoms with Gasteiger partial charge in [-0.25, -0.2) is 8.42 Å². The number of hydrogen-bond acceptors (Lipinski definition) is 4. The maximum Gasteiger partial charge on any atom is 0.324 e. The molecule has 26 heavy (non-hydrogen) atoms. The lowest BCUT2D eigenvalue weighted by molar-refractivity contribution is -0.135. The van der Waals surface area contributed by atoms with E-state index >= 15 is 0 Å². The Morgan fingerprint density at radius 1 is 1.08 bits per heavy atom. The summed E-state index contributed by atoms with van der Waals surface area (Å²) in [5, 5.41) is 9.19. The molecule has 0 spiro atoms. The fraction of sp³-hybridized carbons (Fsp3) is 0.316. The van der Waals surface area contributed by atoms with Gasteiger partial charge in [0.1, 0.15) is 12.3 Å². The van der Waals surface area contributed by atoms with Crippen molar-refractivity contribution in [3.8, 4) is 5.75 Å². The molecule has 0 aromatic heterocycles. The number of carboxylic acid groups (broad SMARTS) is 1. The highest BCUT2D eigenvalue weighted by Crippen LogP contribution is 2.26. The van der Waals surface area contributed by atoms with Crippen LogP contribution in [0.3, 0.4) is 0 Å². The number of carboxylic acids is 1. The van der Waals surface area contributed by atoms with Gasteiger partial charge in [-0.15, -0.1) is 0 Å². The largest absolute Gasteiger partial charge is 0.494 e. The zero-order valence-electron chi connectivity index (χ0n) is 15.0. The monoisotopic (exact) mass is 377 g/mol. The first-order chi connectivity index (χ1) is 12.3. The van der Waals surface area contributed by atoms with Gasteiger partial charge >= 0.3 is 5.97 Å². The topological polar surface area (TPSA) is 83.9 Å². The number of ether oxygens (including phenoxy) is 1. The number of aliphatic carboxylic acids is 1. The van der Waals surface area contributed by atoms with Gasteiger partial charge < -0.3 is 9.84 Å². The number of anilines is 1. The highest BCUT2D eigenvalue weighted by molar-refractivity contribution is 7.92. The van der Waals surface area contributed by atoms with Crippen molar-refractivity contribution >= 4 is 21.7 Å². The smallest absolute Gasteiger partial charge is 0.324 e. The van der Waals surface area contributed by atoms with Crippen LogP contribution in [0.25, 0.3) is 0 Å². The van der Waals surface area contributed by atoms with Crippen LogP contribution in [-0.2, 0) is 14.8 Å².